The average Bonchev–Trinajstić information content (AvgIpc) is 2.60. The Morgan fingerprint density at radius 3 is 2.00 bits per heavy atom. The third-order valence-electron chi connectivity index (χ3n) is 4.00. The molecule has 0 fully saturated rings. The molecule has 154 valence electrons. The van der Waals surface area contributed by atoms with E-state index in [1.165, 1.54) is 24.3 Å². The molecule has 10 nitrogen and oxygen atoms in total. The number of fused-ring (bicyclic) bond motifs is 1. The van der Waals surface area contributed by atoms with Crippen LogP contribution >= 0.6 is 0 Å². The minimum atomic E-state index is -4.84. The molecule has 0 aliphatic heterocycles. The van der Waals surface area contributed by atoms with E-state index in [1.807, 2.05) is 0 Å². The number of hydrogen-bond donors (Lipinski definition) is 3. The van der Waals surface area contributed by atoms with Crippen molar-refractivity contribution in [3.63, 3.8) is 0 Å². The monoisotopic (exact) mass is 459 g/mol. The fraction of sp³-hybridized carbons (Fsp3) is 0.0625. The van der Waals surface area contributed by atoms with Gasteiger partial charge in [-0.05, 0) is 35.9 Å². The van der Waals surface area contributed by atoms with E-state index >= 15 is 0 Å². The molecule has 0 bridgehead atoms. The maximum absolute atomic E-state index is 12.6. The number of Topliss-reactive ketones (excluding diaryl/α,β-unsaturated/α-hetero) is 1. The molecule has 0 saturated heterocycles. The third kappa shape index (κ3) is 4.38. The third-order valence-corrected chi connectivity index (χ3v) is 7.14. The molecular weight excluding hydrogens is 446 g/mol. The summed E-state index contributed by atoms with van der Waals surface area (Å²) < 4.78 is 91.7. The Kier molecular flexibility index (Phi) is 5.13. The molecule has 3 N–H and O–H groups in total. The summed E-state index contributed by atoms with van der Waals surface area (Å²) in [5, 5.41) is 0. The lowest BCUT2D eigenvalue weighted by Gasteiger charge is -2.19. The van der Waals surface area contributed by atoms with Crippen LogP contribution in [0.1, 0.15) is 22.3 Å². The van der Waals surface area contributed by atoms with Crippen LogP contribution in [0.3, 0.4) is 0 Å². The first-order valence-electron chi connectivity index (χ1n) is 7.74. The fourth-order valence-electron chi connectivity index (χ4n) is 2.73. The van der Waals surface area contributed by atoms with Gasteiger partial charge in [0.1, 0.15) is 0 Å². The number of nitrogens with one attached hydrogen (secondary N) is 1. The second-order valence-corrected chi connectivity index (χ2v) is 10.6. The van der Waals surface area contributed by atoms with Crippen LogP contribution in [-0.4, -0.2) is 40.1 Å². The highest BCUT2D eigenvalue weighted by molar-refractivity contribution is 7.92. The van der Waals surface area contributed by atoms with Crippen molar-refractivity contribution in [3.8, 4) is 0 Å². The predicted octanol–water partition coefficient (Wildman–Crippen LogP) is 1.55. The minimum absolute atomic E-state index is 0.177. The Hall–Kier alpha value is -2.58. The Bertz CT molecular complexity index is 1360. The number of anilines is 1. The lowest BCUT2D eigenvalue weighted by atomic mass is 9.94. The number of carbonyl (C=O) groups excluding carboxylic acids is 1. The highest BCUT2D eigenvalue weighted by Gasteiger charge is 2.30. The van der Waals surface area contributed by atoms with E-state index in [1.54, 1.807) is 6.07 Å². The first-order chi connectivity index (χ1) is 13.3. The molecule has 3 rings (SSSR count). The van der Waals surface area contributed by atoms with E-state index < -0.39 is 58.0 Å². The number of carbonyl (C=O) groups is 1. The zero-order chi connectivity index (χ0) is 21.6. The Labute approximate surface area is 166 Å². The van der Waals surface area contributed by atoms with Crippen molar-refractivity contribution in [2.75, 3.05) is 4.72 Å². The molecule has 0 spiro atoms. The first kappa shape index (κ1) is 21.1. The number of allylic oxidation sites excluding steroid dienone is 1. The maximum Gasteiger partial charge on any atom is 0.294 e. The molecule has 2 aromatic rings. The zero-order valence-electron chi connectivity index (χ0n) is 14.3. The van der Waals surface area contributed by atoms with Crippen molar-refractivity contribution in [1.82, 2.24) is 0 Å². The quantitative estimate of drug-likeness (QED) is 0.561. The largest absolute Gasteiger partial charge is 0.294 e. The number of ketones is 1. The van der Waals surface area contributed by atoms with Gasteiger partial charge < -0.3 is 0 Å². The van der Waals surface area contributed by atoms with Crippen LogP contribution in [0.25, 0.3) is 6.08 Å². The molecule has 1 aliphatic rings. The summed E-state index contributed by atoms with van der Waals surface area (Å²) in [6.45, 7) is 0. The molecule has 0 saturated carbocycles. The van der Waals surface area contributed by atoms with Gasteiger partial charge >= 0.3 is 0 Å². The second-order valence-electron chi connectivity index (χ2n) is 6.01. The maximum atomic E-state index is 12.6. The van der Waals surface area contributed by atoms with Crippen LogP contribution in [-0.2, 0) is 30.3 Å². The van der Waals surface area contributed by atoms with E-state index in [0.29, 0.717) is 0 Å². The summed E-state index contributed by atoms with van der Waals surface area (Å²) in [4.78, 5) is 10.8. The molecule has 0 aromatic heterocycles. The van der Waals surface area contributed by atoms with Crippen LogP contribution in [0, 0.1) is 0 Å². The first-order valence-corrected chi connectivity index (χ1v) is 12.1. The average molecular weight is 459 g/mol. The van der Waals surface area contributed by atoms with Crippen LogP contribution < -0.4 is 4.72 Å². The molecular formula is C16H13NO9S3. The van der Waals surface area contributed by atoms with Gasteiger partial charge in [0.25, 0.3) is 30.3 Å². The van der Waals surface area contributed by atoms with Crippen molar-refractivity contribution in [3.05, 3.63) is 58.5 Å². The summed E-state index contributed by atoms with van der Waals surface area (Å²) in [5.41, 5.74) is -1.06. The van der Waals surface area contributed by atoms with Crippen LogP contribution in [0.15, 0.2) is 57.2 Å². The Balaban J connectivity index is 2.26. The summed E-state index contributed by atoms with van der Waals surface area (Å²) in [5.74, 6) is -0.872. The zero-order valence-corrected chi connectivity index (χ0v) is 16.8. The standard InChI is InChI=1S/C16H13NO9S3/c18-15-9-13(29(24,25)26)7-10-6-12(28(21,22)23)8-14(16(10)15)17-27(19,20)11-4-2-1-3-5-11/h1-8,17H,9H2,(H,21,22,23)(H,24,25,26). The van der Waals surface area contributed by atoms with E-state index in [-0.39, 0.29) is 16.0 Å². The van der Waals surface area contributed by atoms with Gasteiger partial charge in [-0.15, -0.1) is 0 Å². The van der Waals surface area contributed by atoms with Gasteiger partial charge in [0.05, 0.1) is 20.4 Å². The van der Waals surface area contributed by atoms with Crippen molar-refractivity contribution >= 4 is 47.8 Å². The molecule has 1 aliphatic carbocycles. The molecule has 0 amide bonds. The van der Waals surface area contributed by atoms with Crippen LogP contribution in [0.2, 0.25) is 0 Å². The lowest BCUT2D eigenvalue weighted by molar-refractivity contribution is 0.0993. The topological polar surface area (TPSA) is 172 Å². The molecule has 2 aromatic carbocycles. The molecule has 0 unspecified atom stereocenters. The number of benzene rings is 2. The van der Waals surface area contributed by atoms with Gasteiger partial charge in [0.15, 0.2) is 5.78 Å². The van der Waals surface area contributed by atoms with E-state index in [2.05, 4.69) is 4.72 Å². The van der Waals surface area contributed by atoms with Crippen molar-refractivity contribution in [2.45, 2.75) is 16.2 Å². The minimum Gasteiger partial charge on any atom is -0.294 e. The van der Waals surface area contributed by atoms with Gasteiger partial charge in [0, 0.05) is 12.0 Å². The summed E-state index contributed by atoms with van der Waals surface area (Å²) in [7, 11) is -13.8. The molecule has 0 heterocycles. The van der Waals surface area contributed by atoms with Gasteiger partial charge in [-0.1, -0.05) is 18.2 Å². The second kappa shape index (κ2) is 7.03. The Morgan fingerprint density at radius 1 is 0.828 bits per heavy atom. The van der Waals surface area contributed by atoms with E-state index in [4.69, 9.17) is 0 Å². The normalized spacial score (nSPS) is 14.8. The van der Waals surface area contributed by atoms with Crippen molar-refractivity contribution in [2.24, 2.45) is 0 Å². The fourth-order valence-corrected chi connectivity index (χ4v) is 4.95. The van der Waals surface area contributed by atoms with Crippen molar-refractivity contribution < 1.29 is 39.2 Å². The van der Waals surface area contributed by atoms with Gasteiger partial charge in [-0.25, -0.2) is 8.42 Å². The summed E-state index contributed by atoms with van der Waals surface area (Å²) >= 11 is 0. The lowest BCUT2D eigenvalue weighted by Crippen LogP contribution is -2.20. The molecule has 13 heteroatoms. The molecule has 0 atom stereocenters. The number of rotatable bonds is 5. The SMILES string of the molecule is O=C1CC(S(=O)(=O)O)=Cc2cc(S(=O)(=O)O)cc(NS(=O)(=O)c3ccccc3)c21. The van der Waals surface area contributed by atoms with Gasteiger partial charge in [0.2, 0.25) is 0 Å². The smallest absolute Gasteiger partial charge is 0.294 e. The number of hydrogen-bond acceptors (Lipinski definition) is 7. The predicted molar refractivity (Wildman–Crippen MR) is 102 cm³/mol. The van der Waals surface area contributed by atoms with E-state index in [0.717, 1.165) is 18.2 Å². The van der Waals surface area contributed by atoms with Gasteiger partial charge in [-0.3, -0.25) is 18.6 Å². The van der Waals surface area contributed by atoms with Crippen molar-refractivity contribution in [1.29, 1.82) is 0 Å². The molecule has 0 radical (unpaired) electrons. The summed E-state index contributed by atoms with van der Waals surface area (Å²) in [6.07, 6.45) is 0.0815. The van der Waals surface area contributed by atoms with Gasteiger partial charge in [-0.2, -0.15) is 16.8 Å². The summed E-state index contributed by atoms with van der Waals surface area (Å²) in [6, 6.07) is 8.55. The highest BCUT2D eigenvalue weighted by Crippen LogP contribution is 2.35. The van der Waals surface area contributed by atoms with Crippen LogP contribution in [0.4, 0.5) is 5.69 Å². The Morgan fingerprint density at radius 2 is 1.45 bits per heavy atom. The van der Waals surface area contributed by atoms with Crippen LogP contribution in [0.5, 0.6) is 0 Å². The molecule has 29 heavy (non-hydrogen) atoms. The number of sulfonamides is 1. The van der Waals surface area contributed by atoms with E-state index in [9.17, 15) is 39.2 Å². The highest BCUT2D eigenvalue weighted by atomic mass is 32.2.